The van der Waals surface area contributed by atoms with Gasteiger partial charge in [0.25, 0.3) is 0 Å². The minimum absolute atomic E-state index is 0.0848. The maximum absolute atomic E-state index is 12.4. The fourth-order valence-electron chi connectivity index (χ4n) is 2.53. The lowest BCUT2D eigenvalue weighted by Gasteiger charge is -2.11. The fourth-order valence-corrected chi connectivity index (χ4v) is 2.53. The molecule has 1 aromatic carbocycles. The second-order valence-corrected chi connectivity index (χ2v) is 5.40. The third-order valence-electron chi connectivity index (χ3n) is 3.77. The summed E-state index contributed by atoms with van der Waals surface area (Å²) in [7, 11) is 0. The Hall–Kier alpha value is -1.56. The number of alkyl halides is 3. The summed E-state index contributed by atoms with van der Waals surface area (Å²) in [5.74, 6) is -0.230. The highest BCUT2D eigenvalue weighted by atomic mass is 19.4. The summed E-state index contributed by atoms with van der Waals surface area (Å²) in [6.07, 6.45) is -2.40. The van der Waals surface area contributed by atoms with E-state index in [4.69, 9.17) is 0 Å². The second-order valence-electron chi connectivity index (χ2n) is 5.40. The monoisotopic (exact) mass is 301 g/mol. The number of benzene rings is 1. The molecule has 2 rings (SSSR count). The highest BCUT2D eigenvalue weighted by molar-refractivity contribution is 5.78. The Bertz CT molecular complexity index is 485. The molecule has 6 heteroatoms. The van der Waals surface area contributed by atoms with Crippen molar-refractivity contribution in [2.45, 2.75) is 38.0 Å². The number of carbonyl (C=O) groups excluding carboxylic acids is 1. The van der Waals surface area contributed by atoms with Gasteiger partial charge in [-0.1, -0.05) is 12.1 Å². The molecule has 0 aliphatic heterocycles. The van der Waals surface area contributed by atoms with Crippen LogP contribution in [0.3, 0.4) is 0 Å². The van der Waals surface area contributed by atoms with E-state index in [1.165, 1.54) is 12.1 Å². The van der Waals surface area contributed by atoms with Gasteiger partial charge in [-0.15, -0.1) is 0 Å². The van der Waals surface area contributed by atoms with Crippen molar-refractivity contribution >= 4 is 5.91 Å². The molecule has 1 aliphatic rings. The highest BCUT2D eigenvalue weighted by Crippen LogP contribution is 2.29. The first kappa shape index (κ1) is 15.8. The molecule has 1 aromatic rings. The van der Waals surface area contributed by atoms with Crippen LogP contribution >= 0.6 is 0 Å². The Morgan fingerprint density at radius 3 is 2.43 bits per heavy atom. The van der Waals surface area contributed by atoms with Crippen LogP contribution in [0, 0.1) is 5.92 Å². The molecular weight excluding hydrogens is 283 g/mol. The normalized spacial score (nSPS) is 22.3. The van der Waals surface area contributed by atoms with Crippen LogP contribution in [-0.2, 0) is 17.4 Å². The number of aliphatic hydroxyl groups is 1. The molecule has 1 amide bonds. The van der Waals surface area contributed by atoms with Gasteiger partial charge in [-0.2, -0.15) is 13.2 Å². The van der Waals surface area contributed by atoms with E-state index in [1.807, 2.05) is 0 Å². The van der Waals surface area contributed by atoms with Crippen molar-refractivity contribution in [1.29, 1.82) is 0 Å². The first-order valence-electron chi connectivity index (χ1n) is 6.98. The summed E-state index contributed by atoms with van der Waals surface area (Å²) in [6, 6.07) is 4.94. The number of nitrogens with one attached hydrogen (secondary N) is 1. The summed E-state index contributed by atoms with van der Waals surface area (Å²) >= 11 is 0. The lowest BCUT2D eigenvalue weighted by atomic mass is 10.1. The Labute approximate surface area is 121 Å². The molecule has 2 N–H and O–H groups in total. The molecule has 0 spiro atoms. The summed E-state index contributed by atoms with van der Waals surface area (Å²) in [4.78, 5) is 11.8. The van der Waals surface area contributed by atoms with Crippen molar-refractivity contribution in [2.75, 3.05) is 6.54 Å². The number of carbonyl (C=O) groups is 1. The Morgan fingerprint density at radius 1 is 1.24 bits per heavy atom. The maximum Gasteiger partial charge on any atom is 0.416 e. The minimum atomic E-state index is -4.32. The Kier molecular flexibility index (Phi) is 4.88. The molecule has 0 unspecified atom stereocenters. The number of amides is 1. The van der Waals surface area contributed by atoms with Gasteiger partial charge in [0.2, 0.25) is 5.91 Å². The molecule has 0 heterocycles. The molecule has 0 saturated heterocycles. The van der Waals surface area contributed by atoms with Crippen molar-refractivity contribution < 1.29 is 23.1 Å². The first-order valence-corrected chi connectivity index (χ1v) is 6.98. The van der Waals surface area contributed by atoms with Crippen LogP contribution < -0.4 is 5.32 Å². The molecule has 1 fully saturated rings. The van der Waals surface area contributed by atoms with Crippen molar-refractivity contribution in [3.05, 3.63) is 35.4 Å². The average molecular weight is 301 g/mol. The van der Waals surface area contributed by atoms with Crippen molar-refractivity contribution in [3.8, 4) is 0 Å². The summed E-state index contributed by atoms with van der Waals surface area (Å²) in [6.45, 7) is 0.386. The second kappa shape index (κ2) is 6.47. The van der Waals surface area contributed by atoms with E-state index in [0.29, 0.717) is 32.2 Å². The SMILES string of the molecule is O=C(NCCc1ccc(C(F)(F)F)cc1)[C@H]1CC[C@@H](O)C1. The lowest BCUT2D eigenvalue weighted by molar-refractivity contribution is -0.137. The van der Waals surface area contributed by atoms with E-state index in [2.05, 4.69) is 5.32 Å². The first-order chi connectivity index (χ1) is 9.86. The number of hydrogen-bond acceptors (Lipinski definition) is 2. The number of aliphatic hydroxyl groups excluding tert-OH is 1. The van der Waals surface area contributed by atoms with Gasteiger partial charge < -0.3 is 10.4 Å². The molecule has 1 aliphatic carbocycles. The van der Waals surface area contributed by atoms with Gasteiger partial charge in [0.05, 0.1) is 11.7 Å². The van der Waals surface area contributed by atoms with Crippen molar-refractivity contribution in [2.24, 2.45) is 5.92 Å². The van der Waals surface area contributed by atoms with Crippen LogP contribution in [0.2, 0.25) is 0 Å². The smallest absolute Gasteiger partial charge is 0.393 e. The van der Waals surface area contributed by atoms with Crippen LogP contribution in [0.25, 0.3) is 0 Å². The van der Waals surface area contributed by atoms with Gasteiger partial charge in [0.15, 0.2) is 0 Å². The van der Waals surface area contributed by atoms with Gasteiger partial charge in [-0.3, -0.25) is 4.79 Å². The Balaban J connectivity index is 1.77. The zero-order valence-electron chi connectivity index (χ0n) is 11.5. The quantitative estimate of drug-likeness (QED) is 0.898. The van der Waals surface area contributed by atoms with Gasteiger partial charge in [0, 0.05) is 12.5 Å². The van der Waals surface area contributed by atoms with E-state index in [0.717, 1.165) is 17.7 Å². The fraction of sp³-hybridized carbons (Fsp3) is 0.533. The molecule has 0 radical (unpaired) electrons. The number of halogens is 3. The van der Waals surface area contributed by atoms with E-state index in [9.17, 15) is 23.1 Å². The summed E-state index contributed by atoms with van der Waals surface area (Å²) in [5, 5.41) is 12.1. The molecule has 1 saturated carbocycles. The summed E-state index contributed by atoms with van der Waals surface area (Å²) in [5.41, 5.74) is 0.0741. The highest BCUT2D eigenvalue weighted by Gasteiger charge is 2.30. The Morgan fingerprint density at radius 2 is 1.90 bits per heavy atom. The number of rotatable bonds is 4. The lowest BCUT2D eigenvalue weighted by Crippen LogP contribution is -2.31. The predicted octanol–water partition coefficient (Wildman–Crippen LogP) is 2.53. The summed E-state index contributed by atoms with van der Waals surface area (Å²) < 4.78 is 37.2. The molecule has 3 nitrogen and oxygen atoms in total. The molecule has 21 heavy (non-hydrogen) atoms. The van der Waals surface area contributed by atoms with Gasteiger partial charge in [-0.25, -0.2) is 0 Å². The molecular formula is C15H18F3NO2. The van der Waals surface area contributed by atoms with Crippen LogP contribution in [0.15, 0.2) is 24.3 Å². The van der Waals surface area contributed by atoms with Gasteiger partial charge in [0.1, 0.15) is 0 Å². The van der Waals surface area contributed by atoms with Crippen LogP contribution in [0.4, 0.5) is 13.2 Å². The third-order valence-corrected chi connectivity index (χ3v) is 3.77. The van der Waals surface area contributed by atoms with Crippen LogP contribution in [0.5, 0.6) is 0 Å². The number of hydrogen-bond donors (Lipinski definition) is 2. The third kappa shape index (κ3) is 4.46. The molecule has 0 bridgehead atoms. The van der Waals surface area contributed by atoms with E-state index < -0.39 is 17.8 Å². The van der Waals surface area contributed by atoms with E-state index in [1.54, 1.807) is 0 Å². The molecule has 116 valence electrons. The molecule has 2 atom stereocenters. The topological polar surface area (TPSA) is 49.3 Å². The predicted molar refractivity (Wildman–Crippen MR) is 71.5 cm³/mol. The van der Waals surface area contributed by atoms with E-state index >= 15 is 0 Å². The minimum Gasteiger partial charge on any atom is -0.393 e. The standard InChI is InChI=1S/C15H18F3NO2/c16-15(17,18)12-4-1-10(2-5-12)7-8-19-14(21)11-3-6-13(20)9-11/h1-2,4-5,11,13,20H,3,6-9H2,(H,19,21)/t11-,13+/m0/s1. The van der Waals surface area contributed by atoms with E-state index in [-0.39, 0.29) is 11.8 Å². The van der Waals surface area contributed by atoms with Crippen molar-refractivity contribution in [1.82, 2.24) is 5.32 Å². The van der Waals surface area contributed by atoms with Gasteiger partial charge in [-0.05, 0) is 43.4 Å². The zero-order valence-corrected chi connectivity index (χ0v) is 11.5. The van der Waals surface area contributed by atoms with Gasteiger partial charge >= 0.3 is 6.18 Å². The average Bonchev–Trinajstić information content (AvgIpc) is 2.85. The zero-order chi connectivity index (χ0) is 15.5. The van der Waals surface area contributed by atoms with Crippen LogP contribution in [0.1, 0.15) is 30.4 Å². The maximum atomic E-state index is 12.4. The molecule has 0 aromatic heterocycles. The van der Waals surface area contributed by atoms with Crippen LogP contribution in [-0.4, -0.2) is 23.7 Å². The largest absolute Gasteiger partial charge is 0.416 e. The van der Waals surface area contributed by atoms with Crippen molar-refractivity contribution in [3.63, 3.8) is 0 Å².